The van der Waals surface area contributed by atoms with E-state index >= 15 is 0 Å². The van der Waals surface area contributed by atoms with Gasteiger partial charge in [0.05, 0.1) is 0 Å². The highest BCUT2D eigenvalue weighted by molar-refractivity contribution is 5.75. The van der Waals surface area contributed by atoms with Crippen LogP contribution in [0.15, 0.2) is 0 Å². The minimum absolute atomic E-state index is 0.302. The summed E-state index contributed by atoms with van der Waals surface area (Å²) in [6.45, 7) is 7.37. The smallest absolute Gasteiger partial charge is 0.320 e. The highest BCUT2D eigenvalue weighted by atomic mass is 16.2. The Labute approximate surface area is 98.8 Å². The molecule has 2 heterocycles. The van der Waals surface area contributed by atoms with Gasteiger partial charge in [-0.2, -0.15) is 0 Å². The molecule has 2 aliphatic heterocycles. The van der Waals surface area contributed by atoms with Crippen LogP contribution in [0.2, 0.25) is 0 Å². The first kappa shape index (κ1) is 11.7. The van der Waals surface area contributed by atoms with Crippen molar-refractivity contribution in [2.45, 2.75) is 52.0 Å². The molecule has 0 aromatic rings. The summed E-state index contributed by atoms with van der Waals surface area (Å²) in [5.74, 6) is 0.594. The van der Waals surface area contributed by atoms with Crippen molar-refractivity contribution in [2.75, 3.05) is 19.6 Å². The fraction of sp³-hybridized carbons (Fsp3) is 0.923. The lowest BCUT2D eigenvalue weighted by atomic mass is 10.0. The van der Waals surface area contributed by atoms with Gasteiger partial charge in [0.1, 0.15) is 0 Å². The third kappa shape index (κ3) is 2.33. The van der Waals surface area contributed by atoms with Crippen LogP contribution in [0, 0.1) is 5.92 Å². The Morgan fingerprint density at radius 1 is 1.06 bits per heavy atom. The first-order valence-electron chi connectivity index (χ1n) is 6.75. The molecule has 1 unspecified atom stereocenters. The van der Waals surface area contributed by atoms with Crippen LogP contribution >= 0.6 is 0 Å². The molecule has 2 rings (SSSR count). The quantitative estimate of drug-likeness (QED) is 0.672. The predicted octanol–water partition coefficient (Wildman–Crippen LogP) is 2.71. The molecule has 16 heavy (non-hydrogen) atoms. The van der Waals surface area contributed by atoms with Gasteiger partial charge < -0.3 is 9.80 Å². The zero-order valence-electron chi connectivity index (χ0n) is 10.6. The standard InChI is InChI=1S/C13H24N2O/c1-11(2)12-7-6-10-15(12)13(16)14-8-4-3-5-9-14/h11-12H,3-10H2,1-2H3. The van der Waals surface area contributed by atoms with Crippen LogP contribution in [0.25, 0.3) is 0 Å². The van der Waals surface area contributed by atoms with Crippen molar-refractivity contribution in [3.05, 3.63) is 0 Å². The number of amides is 2. The van der Waals surface area contributed by atoms with Crippen molar-refractivity contribution < 1.29 is 4.79 Å². The van der Waals surface area contributed by atoms with E-state index in [1.165, 1.54) is 32.1 Å². The Balaban J connectivity index is 1.97. The summed E-state index contributed by atoms with van der Waals surface area (Å²) in [5.41, 5.74) is 0. The van der Waals surface area contributed by atoms with Gasteiger partial charge in [-0.25, -0.2) is 4.79 Å². The van der Waals surface area contributed by atoms with Gasteiger partial charge in [0.25, 0.3) is 0 Å². The van der Waals surface area contributed by atoms with Crippen LogP contribution in [0.1, 0.15) is 46.0 Å². The fourth-order valence-electron chi connectivity index (χ4n) is 2.99. The van der Waals surface area contributed by atoms with Gasteiger partial charge in [0.2, 0.25) is 0 Å². The maximum atomic E-state index is 12.4. The number of carbonyl (C=O) groups excluding carboxylic acids is 1. The van der Waals surface area contributed by atoms with Crippen LogP contribution in [0.3, 0.4) is 0 Å². The van der Waals surface area contributed by atoms with E-state index in [9.17, 15) is 4.79 Å². The van der Waals surface area contributed by atoms with Crippen LogP contribution < -0.4 is 0 Å². The Hall–Kier alpha value is -0.730. The number of rotatable bonds is 1. The molecule has 3 nitrogen and oxygen atoms in total. The Kier molecular flexibility index (Phi) is 3.72. The molecule has 92 valence electrons. The summed E-state index contributed by atoms with van der Waals surface area (Å²) in [7, 11) is 0. The van der Waals surface area contributed by atoms with Crippen LogP contribution in [0.5, 0.6) is 0 Å². The molecule has 0 aromatic heterocycles. The zero-order chi connectivity index (χ0) is 11.5. The number of urea groups is 1. The molecule has 0 aromatic carbocycles. The van der Waals surface area contributed by atoms with Crippen molar-refractivity contribution in [3.63, 3.8) is 0 Å². The van der Waals surface area contributed by atoms with Crippen molar-refractivity contribution in [1.82, 2.24) is 9.80 Å². The highest BCUT2D eigenvalue weighted by Crippen LogP contribution is 2.25. The number of nitrogens with zero attached hydrogens (tertiary/aromatic N) is 2. The fourth-order valence-corrected chi connectivity index (χ4v) is 2.99. The molecule has 2 fully saturated rings. The topological polar surface area (TPSA) is 23.6 Å². The van der Waals surface area contributed by atoms with E-state index < -0.39 is 0 Å². The van der Waals surface area contributed by atoms with Crippen LogP contribution in [0.4, 0.5) is 4.79 Å². The summed E-state index contributed by atoms with van der Waals surface area (Å²) in [5, 5.41) is 0. The van der Waals surface area contributed by atoms with Crippen LogP contribution in [-0.2, 0) is 0 Å². The molecule has 0 bridgehead atoms. The van der Waals surface area contributed by atoms with E-state index in [2.05, 4.69) is 23.6 Å². The molecule has 3 heteroatoms. The Bertz CT molecular complexity index is 246. The molecule has 2 saturated heterocycles. The summed E-state index contributed by atoms with van der Waals surface area (Å²) in [6, 6.07) is 0.783. The van der Waals surface area contributed by atoms with Gasteiger partial charge >= 0.3 is 6.03 Å². The monoisotopic (exact) mass is 224 g/mol. The molecule has 2 amide bonds. The maximum absolute atomic E-state index is 12.4. The van der Waals surface area contributed by atoms with Gasteiger partial charge in [-0.3, -0.25) is 0 Å². The SMILES string of the molecule is CC(C)C1CCCN1C(=O)N1CCCCC1. The minimum atomic E-state index is 0.302. The molecular weight excluding hydrogens is 200 g/mol. The van der Waals surface area contributed by atoms with Crippen molar-refractivity contribution in [1.29, 1.82) is 0 Å². The molecule has 2 aliphatic rings. The first-order chi connectivity index (χ1) is 7.70. The molecule has 0 N–H and O–H groups in total. The van der Waals surface area contributed by atoms with E-state index in [4.69, 9.17) is 0 Å². The lowest BCUT2D eigenvalue weighted by molar-refractivity contribution is 0.129. The van der Waals surface area contributed by atoms with E-state index in [0.29, 0.717) is 18.0 Å². The van der Waals surface area contributed by atoms with Crippen molar-refractivity contribution >= 4 is 6.03 Å². The molecule has 0 radical (unpaired) electrons. The number of piperidine rings is 1. The molecule has 0 saturated carbocycles. The average Bonchev–Trinajstić information content (AvgIpc) is 2.78. The van der Waals surface area contributed by atoms with Gasteiger partial charge in [0.15, 0.2) is 0 Å². The van der Waals surface area contributed by atoms with Crippen molar-refractivity contribution in [2.24, 2.45) is 5.92 Å². The van der Waals surface area contributed by atoms with Gasteiger partial charge in [0, 0.05) is 25.7 Å². The van der Waals surface area contributed by atoms with Gasteiger partial charge in [-0.05, 0) is 38.0 Å². The van der Waals surface area contributed by atoms with Crippen molar-refractivity contribution in [3.8, 4) is 0 Å². The van der Waals surface area contributed by atoms with E-state index in [1.54, 1.807) is 0 Å². The third-order valence-corrected chi connectivity index (χ3v) is 3.94. The van der Waals surface area contributed by atoms with E-state index in [1.807, 2.05) is 0 Å². The summed E-state index contributed by atoms with van der Waals surface area (Å²) >= 11 is 0. The number of hydrogen-bond acceptors (Lipinski definition) is 1. The normalized spacial score (nSPS) is 26.6. The molecular formula is C13H24N2O. The first-order valence-corrected chi connectivity index (χ1v) is 6.75. The Morgan fingerprint density at radius 2 is 1.75 bits per heavy atom. The second-order valence-electron chi connectivity index (χ2n) is 5.48. The van der Waals surface area contributed by atoms with Crippen LogP contribution in [-0.4, -0.2) is 41.5 Å². The third-order valence-electron chi connectivity index (χ3n) is 3.94. The number of carbonyl (C=O) groups is 1. The number of hydrogen-bond donors (Lipinski definition) is 0. The second kappa shape index (κ2) is 5.07. The lowest BCUT2D eigenvalue weighted by Gasteiger charge is -2.35. The van der Waals surface area contributed by atoms with E-state index in [-0.39, 0.29) is 0 Å². The average molecular weight is 224 g/mol. The lowest BCUT2D eigenvalue weighted by Crippen LogP contribution is -2.48. The molecule has 0 spiro atoms. The zero-order valence-corrected chi connectivity index (χ0v) is 10.6. The Morgan fingerprint density at radius 3 is 2.38 bits per heavy atom. The summed E-state index contributed by atoms with van der Waals surface area (Å²) < 4.78 is 0. The summed E-state index contributed by atoms with van der Waals surface area (Å²) in [4.78, 5) is 16.5. The van der Waals surface area contributed by atoms with Gasteiger partial charge in [-0.15, -0.1) is 0 Å². The van der Waals surface area contributed by atoms with E-state index in [0.717, 1.165) is 19.6 Å². The molecule has 0 aliphatic carbocycles. The number of likely N-dealkylation sites (tertiary alicyclic amines) is 2. The summed E-state index contributed by atoms with van der Waals surface area (Å²) in [6.07, 6.45) is 6.04. The largest absolute Gasteiger partial charge is 0.325 e. The molecule has 1 atom stereocenters. The minimum Gasteiger partial charge on any atom is -0.325 e. The van der Waals surface area contributed by atoms with Gasteiger partial charge in [-0.1, -0.05) is 13.8 Å². The second-order valence-corrected chi connectivity index (χ2v) is 5.48. The predicted molar refractivity (Wildman–Crippen MR) is 65.4 cm³/mol. The maximum Gasteiger partial charge on any atom is 0.320 e. The highest BCUT2D eigenvalue weighted by Gasteiger charge is 2.33.